The lowest BCUT2D eigenvalue weighted by molar-refractivity contribution is -0.130. The van der Waals surface area contributed by atoms with E-state index in [1.165, 1.54) is 11.2 Å². The van der Waals surface area contributed by atoms with Crippen molar-refractivity contribution in [2.75, 3.05) is 36.9 Å². The van der Waals surface area contributed by atoms with Crippen molar-refractivity contribution in [3.63, 3.8) is 0 Å². The van der Waals surface area contributed by atoms with Crippen LogP contribution in [0.25, 0.3) is 0 Å². The number of hydrogen-bond acceptors (Lipinski definition) is 8. The van der Waals surface area contributed by atoms with Gasteiger partial charge in [-0.05, 0) is 19.8 Å². The average Bonchev–Trinajstić information content (AvgIpc) is 3.33. The number of anilines is 2. The van der Waals surface area contributed by atoms with Crippen LogP contribution in [0.1, 0.15) is 30.1 Å². The molecule has 1 aromatic heterocycles. The molecule has 0 spiro atoms. The van der Waals surface area contributed by atoms with Crippen LogP contribution in [0.3, 0.4) is 0 Å². The molecule has 10 heteroatoms. The monoisotopic (exact) mass is 396 g/mol. The Morgan fingerprint density at radius 2 is 2.21 bits per heavy atom. The molecule has 0 aliphatic carbocycles. The second-order valence-corrected chi connectivity index (χ2v) is 7.74. The first kappa shape index (κ1) is 17.9. The number of carbonyl (C=O) groups excluding carboxylic acids is 2. The summed E-state index contributed by atoms with van der Waals surface area (Å²) in [6.07, 6.45) is 6.55. The summed E-state index contributed by atoms with van der Waals surface area (Å²) in [7, 11) is 1.69. The van der Waals surface area contributed by atoms with Crippen LogP contribution >= 0.6 is 0 Å². The first-order valence-corrected chi connectivity index (χ1v) is 10.0. The van der Waals surface area contributed by atoms with E-state index in [9.17, 15) is 9.59 Å². The van der Waals surface area contributed by atoms with Crippen LogP contribution in [0.5, 0.6) is 0 Å². The molecule has 0 bridgehead atoms. The minimum Gasteiger partial charge on any atom is -0.367 e. The molecule has 1 fully saturated rings. The third-order valence-corrected chi connectivity index (χ3v) is 5.98. The second-order valence-electron chi connectivity index (χ2n) is 7.74. The van der Waals surface area contributed by atoms with Crippen molar-refractivity contribution < 1.29 is 9.59 Å². The van der Waals surface area contributed by atoms with Crippen molar-refractivity contribution in [1.29, 1.82) is 0 Å². The number of nitrogens with one attached hydrogen (secondary N) is 2. The van der Waals surface area contributed by atoms with Crippen LogP contribution in [0.15, 0.2) is 23.1 Å². The highest BCUT2D eigenvalue weighted by atomic mass is 16.2. The van der Waals surface area contributed by atoms with Crippen LogP contribution in [0, 0.1) is 5.92 Å². The van der Waals surface area contributed by atoms with Gasteiger partial charge in [0.25, 0.3) is 5.91 Å². The molecule has 5 rings (SSSR count). The Balaban J connectivity index is 1.55. The number of aromatic nitrogens is 2. The van der Waals surface area contributed by atoms with Gasteiger partial charge in [-0.3, -0.25) is 9.59 Å². The van der Waals surface area contributed by atoms with Crippen LogP contribution in [0.4, 0.5) is 11.8 Å². The van der Waals surface area contributed by atoms with Crippen LogP contribution < -0.4 is 15.5 Å². The summed E-state index contributed by atoms with van der Waals surface area (Å²) in [5.74, 6) is 0.460. The fourth-order valence-corrected chi connectivity index (χ4v) is 4.56. The van der Waals surface area contributed by atoms with E-state index in [0.717, 1.165) is 19.4 Å². The molecule has 0 aromatic carbocycles. The number of aliphatic imine (C=N–C) groups is 1. The smallest absolute Gasteiger partial charge is 0.263 e. The molecule has 1 aromatic rings. The normalized spacial score (nSPS) is 27.9. The minimum atomic E-state index is -0.507. The van der Waals surface area contributed by atoms with E-state index in [1.807, 2.05) is 6.92 Å². The highest BCUT2D eigenvalue weighted by molar-refractivity contribution is 6.02. The van der Waals surface area contributed by atoms with Gasteiger partial charge in [0.15, 0.2) is 0 Å². The molecule has 4 aliphatic heterocycles. The highest BCUT2D eigenvalue weighted by Gasteiger charge is 2.46. The zero-order valence-electron chi connectivity index (χ0n) is 16.5. The Morgan fingerprint density at radius 3 is 3.03 bits per heavy atom. The molecular weight excluding hydrogens is 372 g/mol. The van der Waals surface area contributed by atoms with E-state index in [1.54, 1.807) is 24.3 Å². The topological polar surface area (TPSA) is 106 Å². The third kappa shape index (κ3) is 2.73. The van der Waals surface area contributed by atoms with Gasteiger partial charge in [-0.15, -0.1) is 0 Å². The van der Waals surface area contributed by atoms with Gasteiger partial charge in [0.2, 0.25) is 11.9 Å². The van der Waals surface area contributed by atoms with Crippen LogP contribution in [-0.2, 0) is 4.79 Å². The first-order chi connectivity index (χ1) is 14.1. The van der Waals surface area contributed by atoms with E-state index < -0.39 is 5.92 Å². The predicted molar refractivity (Wildman–Crippen MR) is 107 cm³/mol. The summed E-state index contributed by atoms with van der Waals surface area (Å²) in [6.45, 7) is 4.07. The predicted octanol–water partition coefficient (Wildman–Crippen LogP) is 0.220. The molecule has 5 heterocycles. The molecule has 10 nitrogen and oxygen atoms in total. The van der Waals surface area contributed by atoms with Crippen molar-refractivity contribution in [3.05, 3.63) is 23.7 Å². The largest absolute Gasteiger partial charge is 0.367 e. The fourth-order valence-electron chi connectivity index (χ4n) is 4.56. The van der Waals surface area contributed by atoms with Gasteiger partial charge in [-0.25, -0.2) is 9.98 Å². The molecule has 0 saturated carbocycles. The van der Waals surface area contributed by atoms with Crippen molar-refractivity contribution in [2.24, 2.45) is 10.9 Å². The zero-order valence-corrected chi connectivity index (χ0v) is 16.5. The molecule has 2 unspecified atom stereocenters. The first-order valence-electron chi connectivity index (χ1n) is 10.0. The molecule has 29 heavy (non-hydrogen) atoms. The van der Waals surface area contributed by atoms with Gasteiger partial charge in [-0.2, -0.15) is 4.98 Å². The van der Waals surface area contributed by atoms with Crippen LogP contribution in [-0.4, -0.2) is 76.8 Å². The van der Waals surface area contributed by atoms with Gasteiger partial charge < -0.3 is 25.3 Å². The quantitative estimate of drug-likeness (QED) is 0.753. The summed E-state index contributed by atoms with van der Waals surface area (Å²) < 4.78 is 0. The summed E-state index contributed by atoms with van der Waals surface area (Å²) in [4.78, 5) is 45.2. The number of hydrogen-bond donors (Lipinski definition) is 2. The Bertz CT molecular complexity index is 929. The Kier molecular flexibility index (Phi) is 4.14. The maximum atomic E-state index is 13.6. The molecule has 3 atom stereocenters. The van der Waals surface area contributed by atoms with E-state index in [0.29, 0.717) is 36.1 Å². The van der Waals surface area contributed by atoms with Crippen LogP contribution in [0.2, 0.25) is 0 Å². The van der Waals surface area contributed by atoms with Crippen molar-refractivity contribution in [2.45, 2.75) is 32.0 Å². The average molecular weight is 396 g/mol. The van der Waals surface area contributed by atoms with E-state index in [4.69, 9.17) is 0 Å². The van der Waals surface area contributed by atoms with Crippen molar-refractivity contribution in [1.82, 2.24) is 25.1 Å². The fraction of sp³-hybridized carbons (Fsp3) is 0.526. The molecule has 4 aliphatic rings. The molecule has 1 saturated heterocycles. The molecular formula is C19H24N8O2. The lowest BCUT2D eigenvalue weighted by Crippen LogP contribution is -2.48. The maximum Gasteiger partial charge on any atom is 0.263 e. The van der Waals surface area contributed by atoms with E-state index >= 15 is 0 Å². The van der Waals surface area contributed by atoms with Gasteiger partial charge in [0, 0.05) is 45.1 Å². The zero-order chi connectivity index (χ0) is 20.1. The Hall–Kier alpha value is -3.17. The molecule has 2 amide bonds. The van der Waals surface area contributed by atoms with Gasteiger partial charge in [-0.1, -0.05) is 0 Å². The maximum absolute atomic E-state index is 13.6. The Labute approximate surface area is 168 Å². The lowest BCUT2D eigenvalue weighted by atomic mass is 10.00. The second kappa shape index (κ2) is 6.71. The van der Waals surface area contributed by atoms with E-state index in [-0.39, 0.29) is 24.0 Å². The number of amides is 2. The van der Waals surface area contributed by atoms with Gasteiger partial charge >= 0.3 is 0 Å². The van der Waals surface area contributed by atoms with Gasteiger partial charge in [0.1, 0.15) is 23.5 Å². The standard InChI is InChI=1S/C19H24N8O2/c1-3-20-19-22-7-12-16(24-19)26-6-4-5-11(26)9-27(17(12)28)13-8-21-15-14(13)18(29)25(2)10-23-15/h7-8,10-11,14-15,21H,3-6,9H2,1-2H3,(H,20,22,24)/t11-,14?,15?/m0/s1. The molecule has 0 radical (unpaired) electrons. The summed E-state index contributed by atoms with van der Waals surface area (Å²) >= 11 is 0. The number of carbonyl (C=O) groups is 2. The number of rotatable bonds is 3. The van der Waals surface area contributed by atoms with Gasteiger partial charge in [0.05, 0.1) is 12.0 Å². The van der Waals surface area contributed by atoms with E-state index in [2.05, 4.69) is 30.5 Å². The minimum absolute atomic E-state index is 0.0689. The number of nitrogens with zero attached hydrogens (tertiary/aromatic N) is 6. The highest BCUT2D eigenvalue weighted by Crippen LogP contribution is 2.37. The summed E-state index contributed by atoms with van der Waals surface area (Å²) in [5.41, 5.74) is 1.14. The molecule has 2 N–H and O–H groups in total. The van der Waals surface area contributed by atoms with Crippen molar-refractivity contribution >= 4 is 29.9 Å². The summed E-state index contributed by atoms with van der Waals surface area (Å²) in [6, 6.07) is 0.157. The third-order valence-electron chi connectivity index (χ3n) is 5.98. The van der Waals surface area contributed by atoms with Crippen molar-refractivity contribution in [3.8, 4) is 0 Å². The lowest BCUT2D eigenvalue weighted by Gasteiger charge is -2.32. The SMILES string of the molecule is CCNc1ncc2c(n1)N1CCC[C@H]1CN(C1=CNC3N=CN(C)C(=O)C13)C2=O. The Morgan fingerprint density at radius 1 is 1.34 bits per heavy atom. The number of fused-ring (bicyclic) bond motifs is 4. The molecule has 152 valence electrons. The summed E-state index contributed by atoms with van der Waals surface area (Å²) in [5, 5.41) is 6.28.